The Bertz CT molecular complexity index is 227. The summed E-state index contributed by atoms with van der Waals surface area (Å²) in [6.07, 6.45) is 4.61. The van der Waals surface area contributed by atoms with Crippen LogP contribution in [-0.2, 0) is 4.79 Å². The number of amides is 1. The van der Waals surface area contributed by atoms with Gasteiger partial charge in [-0.15, -0.1) is 0 Å². The van der Waals surface area contributed by atoms with E-state index in [1.807, 2.05) is 0 Å². The van der Waals surface area contributed by atoms with Crippen molar-refractivity contribution in [3.63, 3.8) is 0 Å². The number of carbonyl (C=O) groups is 1. The van der Waals surface area contributed by atoms with Crippen molar-refractivity contribution in [1.29, 1.82) is 0 Å². The van der Waals surface area contributed by atoms with Gasteiger partial charge in [-0.25, -0.2) is 0 Å². The van der Waals surface area contributed by atoms with Crippen molar-refractivity contribution in [2.75, 3.05) is 6.61 Å². The molecule has 0 aliphatic rings. The molecule has 0 aliphatic carbocycles. The van der Waals surface area contributed by atoms with E-state index >= 15 is 0 Å². The largest absolute Gasteiger partial charge is 0.396 e. The second kappa shape index (κ2) is 8.52. The third-order valence-corrected chi connectivity index (χ3v) is 3.42. The molecule has 0 saturated carbocycles. The van der Waals surface area contributed by atoms with Gasteiger partial charge in [0, 0.05) is 18.6 Å². The molecule has 3 nitrogen and oxygen atoms in total. The van der Waals surface area contributed by atoms with E-state index < -0.39 is 0 Å². The van der Waals surface area contributed by atoms with E-state index in [1.54, 1.807) is 0 Å². The highest BCUT2D eigenvalue weighted by Crippen LogP contribution is 2.23. The normalized spacial score (nSPS) is 13.7. The Kier molecular flexibility index (Phi) is 8.25. The summed E-state index contributed by atoms with van der Waals surface area (Å²) in [6, 6.07) is 0.0474. The fourth-order valence-corrected chi connectivity index (χ4v) is 2.24. The second-order valence-electron chi connectivity index (χ2n) is 6.21. The maximum atomic E-state index is 12.3. The van der Waals surface area contributed by atoms with Gasteiger partial charge in [0.2, 0.25) is 5.91 Å². The minimum atomic E-state index is -0.0125. The summed E-state index contributed by atoms with van der Waals surface area (Å²) in [6.45, 7) is 10.6. The van der Waals surface area contributed by atoms with Crippen LogP contribution in [0.3, 0.4) is 0 Å². The van der Waals surface area contributed by atoms with E-state index in [1.165, 1.54) is 0 Å². The quantitative estimate of drug-likeness (QED) is 0.702. The average Bonchev–Trinajstić information content (AvgIpc) is 2.26. The van der Waals surface area contributed by atoms with Crippen molar-refractivity contribution in [1.82, 2.24) is 5.32 Å². The van der Waals surface area contributed by atoms with Crippen LogP contribution in [0.2, 0.25) is 0 Å². The van der Waals surface area contributed by atoms with Crippen LogP contribution in [-0.4, -0.2) is 23.7 Å². The molecule has 0 aromatic rings. The summed E-state index contributed by atoms with van der Waals surface area (Å²) >= 11 is 0. The molecule has 108 valence electrons. The molecule has 0 bridgehead atoms. The molecule has 2 N–H and O–H groups in total. The van der Waals surface area contributed by atoms with Gasteiger partial charge in [-0.05, 0) is 24.7 Å². The predicted molar refractivity (Wildman–Crippen MR) is 76.4 cm³/mol. The van der Waals surface area contributed by atoms with Gasteiger partial charge in [-0.2, -0.15) is 0 Å². The van der Waals surface area contributed by atoms with Crippen molar-refractivity contribution in [3.8, 4) is 0 Å². The van der Waals surface area contributed by atoms with Gasteiger partial charge in [0.25, 0.3) is 0 Å². The number of aliphatic hydroxyl groups is 1. The molecular formula is C15H31NO2. The summed E-state index contributed by atoms with van der Waals surface area (Å²) < 4.78 is 0. The lowest BCUT2D eigenvalue weighted by molar-refractivity contribution is -0.127. The summed E-state index contributed by atoms with van der Waals surface area (Å²) in [5, 5.41) is 12.2. The predicted octanol–water partition coefficient (Wildman–Crippen LogP) is 3.12. The highest BCUT2D eigenvalue weighted by atomic mass is 16.3. The van der Waals surface area contributed by atoms with Gasteiger partial charge >= 0.3 is 0 Å². The highest BCUT2D eigenvalue weighted by molar-refractivity contribution is 5.79. The van der Waals surface area contributed by atoms with Crippen LogP contribution in [0.15, 0.2) is 0 Å². The van der Waals surface area contributed by atoms with Crippen LogP contribution in [0, 0.1) is 11.3 Å². The minimum Gasteiger partial charge on any atom is -0.396 e. The molecule has 1 unspecified atom stereocenters. The SMILES string of the molecule is CCCC(CCC)C(=O)NC(CCO)C(C)(C)C. The number of carbonyl (C=O) groups excluding carboxylic acids is 1. The molecule has 0 aromatic heterocycles. The van der Waals surface area contributed by atoms with E-state index in [-0.39, 0.29) is 29.9 Å². The van der Waals surface area contributed by atoms with Crippen molar-refractivity contribution in [2.24, 2.45) is 11.3 Å². The topological polar surface area (TPSA) is 49.3 Å². The maximum absolute atomic E-state index is 12.3. The smallest absolute Gasteiger partial charge is 0.223 e. The van der Waals surface area contributed by atoms with Gasteiger partial charge in [0.15, 0.2) is 0 Å². The molecule has 0 saturated heterocycles. The average molecular weight is 257 g/mol. The Morgan fingerprint density at radius 1 is 1.11 bits per heavy atom. The van der Waals surface area contributed by atoms with Gasteiger partial charge in [-0.1, -0.05) is 47.5 Å². The summed E-state index contributed by atoms with van der Waals surface area (Å²) in [4.78, 5) is 12.3. The van der Waals surface area contributed by atoms with Crippen LogP contribution in [0.4, 0.5) is 0 Å². The first-order valence-electron chi connectivity index (χ1n) is 7.28. The van der Waals surface area contributed by atoms with Crippen molar-refractivity contribution >= 4 is 5.91 Å². The lowest BCUT2D eigenvalue weighted by Gasteiger charge is -2.32. The molecule has 0 aliphatic heterocycles. The van der Waals surface area contributed by atoms with E-state index in [2.05, 4.69) is 39.9 Å². The van der Waals surface area contributed by atoms with Gasteiger partial charge in [0.05, 0.1) is 0 Å². The van der Waals surface area contributed by atoms with Crippen LogP contribution in [0.5, 0.6) is 0 Å². The monoisotopic (exact) mass is 257 g/mol. The van der Waals surface area contributed by atoms with Crippen LogP contribution in [0.25, 0.3) is 0 Å². The Hall–Kier alpha value is -0.570. The zero-order valence-electron chi connectivity index (χ0n) is 12.8. The molecule has 1 amide bonds. The van der Waals surface area contributed by atoms with Gasteiger partial charge in [0.1, 0.15) is 0 Å². The molecule has 0 aromatic carbocycles. The third-order valence-electron chi connectivity index (χ3n) is 3.42. The zero-order valence-corrected chi connectivity index (χ0v) is 12.8. The number of hydrogen-bond acceptors (Lipinski definition) is 2. The minimum absolute atomic E-state index is 0.0125. The zero-order chi connectivity index (χ0) is 14.2. The Morgan fingerprint density at radius 2 is 1.61 bits per heavy atom. The third kappa shape index (κ3) is 6.39. The summed E-state index contributed by atoms with van der Waals surface area (Å²) in [5.41, 5.74) is -0.0125. The first-order valence-corrected chi connectivity index (χ1v) is 7.28. The summed E-state index contributed by atoms with van der Waals surface area (Å²) in [5.74, 6) is 0.288. The number of hydrogen-bond donors (Lipinski definition) is 2. The van der Waals surface area contributed by atoms with Gasteiger partial charge < -0.3 is 10.4 Å². The number of aliphatic hydroxyl groups excluding tert-OH is 1. The first kappa shape index (κ1) is 17.4. The van der Waals surface area contributed by atoms with Crippen molar-refractivity contribution < 1.29 is 9.90 Å². The molecule has 0 radical (unpaired) electrons. The Balaban J connectivity index is 4.54. The van der Waals surface area contributed by atoms with E-state index in [0.29, 0.717) is 6.42 Å². The Labute approximate surface area is 112 Å². The van der Waals surface area contributed by atoms with E-state index in [4.69, 9.17) is 5.11 Å². The van der Waals surface area contributed by atoms with E-state index in [9.17, 15) is 4.79 Å². The van der Waals surface area contributed by atoms with Gasteiger partial charge in [-0.3, -0.25) is 4.79 Å². The second-order valence-corrected chi connectivity index (χ2v) is 6.21. The molecule has 0 heterocycles. The molecule has 0 fully saturated rings. The molecule has 3 heteroatoms. The molecule has 1 atom stereocenters. The summed E-state index contributed by atoms with van der Waals surface area (Å²) in [7, 11) is 0. The first-order chi connectivity index (χ1) is 8.36. The highest BCUT2D eigenvalue weighted by Gasteiger charge is 2.27. The molecule has 0 spiro atoms. The maximum Gasteiger partial charge on any atom is 0.223 e. The van der Waals surface area contributed by atoms with Crippen LogP contribution < -0.4 is 5.32 Å². The number of rotatable bonds is 8. The standard InChI is InChI=1S/C15H31NO2/c1-6-8-12(9-7-2)14(18)16-13(10-11-17)15(3,4)5/h12-13,17H,6-11H2,1-5H3,(H,16,18). The Morgan fingerprint density at radius 3 is 1.94 bits per heavy atom. The fourth-order valence-electron chi connectivity index (χ4n) is 2.24. The molecule has 18 heavy (non-hydrogen) atoms. The van der Waals surface area contributed by atoms with E-state index in [0.717, 1.165) is 25.7 Å². The van der Waals surface area contributed by atoms with Crippen LogP contribution >= 0.6 is 0 Å². The molecule has 0 rings (SSSR count). The number of nitrogens with one attached hydrogen (secondary N) is 1. The molecular weight excluding hydrogens is 226 g/mol. The van der Waals surface area contributed by atoms with Crippen molar-refractivity contribution in [2.45, 2.75) is 72.8 Å². The fraction of sp³-hybridized carbons (Fsp3) is 0.933. The van der Waals surface area contributed by atoms with Crippen LogP contribution in [0.1, 0.15) is 66.7 Å². The lowest BCUT2D eigenvalue weighted by Crippen LogP contribution is -2.46. The van der Waals surface area contributed by atoms with Crippen molar-refractivity contribution in [3.05, 3.63) is 0 Å². The lowest BCUT2D eigenvalue weighted by atomic mass is 9.84.